The van der Waals surface area contributed by atoms with Gasteiger partial charge in [-0.2, -0.15) is 5.10 Å². The topological polar surface area (TPSA) is 55.1 Å². The molecule has 0 aliphatic carbocycles. The van der Waals surface area contributed by atoms with E-state index in [9.17, 15) is 9.18 Å². The fourth-order valence-electron chi connectivity index (χ4n) is 5.19. The number of amides is 2. The molecule has 0 saturated carbocycles. The Kier molecular flexibility index (Phi) is 5.83. The number of aromatic nitrogens is 3. The van der Waals surface area contributed by atoms with Crippen molar-refractivity contribution in [1.82, 2.24) is 19.2 Å². The number of fused-ring (bicyclic) bond motifs is 3. The molecule has 6 nitrogen and oxygen atoms in total. The van der Waals surface area contributed by atoms with Crippen LogP contribution in [0.3, 0.4) is 0 Å². The van der Waals surface area contributed by atoms with Crippen molar-refractivity contribution in [2.45, 2.75) is 33.4 Å². The van der Waals surface area contributed by atoms with Crippen LogP contribution < -0.4 is 5.32 Å². The van der Waals surface area contributed by atoms with Gasteiger partial charge in [0.1, 0.15) is 11.6 Å². The van der Waals surface area contributed by atoms with Crippen molar-refractivity contribution in [3.63, 3.8) is 0 Å². The number of halogens is 1. The van der Waals surface area contributed by atoms with Crippen LogP contribution in [0.25, 0.3) is 11.5 Å². The molecule has 1 aliphatic rings. The Morgan fingerprint density at radius 2 is 1.74 bits per heavy atom. The van der Waals surface area contributed by atoms with E-state index in [1.807, 2.05) is 98.4 Å². The van der Waals surface area contributed by atoms with Gasteiger partial charge in [-0.05, 0) is 86.0 Å². The molecule has 0 unspecified atom stereocenters. The molecule has 6 rings (SSSR count). The van der Waals surface area contributed by atoms with Crippen molar-refractivity contribution in [2.24, 2.45) is 0 Å². The van der Waals surface area contributed by atoms with Crippen molar-refractivity contribution < 1.29 is 9.18 Å². The van der Waals surface area contributed by atoms with Crippen LogP contribution in [0.15, 0.2) is 91.1 Å². The number of nitrogens with zero attached hydrogens (tertiary/aromatic N) is 4. The molecule has 3 heterocycles. The van der Waals surface area contributed by atoms with Crippen molar-refractivity contribution in [1.29, 1.82) is 0 Å². The number of urea groups is 1. The van der Waals surface area contributed by atoms with Crippen molar-refractivity contribution >= 4 is 11.7 Å². The SMILES string of the molecule is Cc1ccc(NC(=O)N2Cc3c(C)nn(-c4ccccc4)c3-n3cccc3[C@H]2c2cccc(F)c2)cc1C. The molecule has 0 spiro atoms. The summed E-state index contributed by atoms with van der Waals surface area (Å²) in [4.78, 5) is 15.8. The first-order valence-electron chi connectivity index (χ1n) is 12.6. The van der Waals surface area contributed by atoms with E-state index >= 15 is 0 Å². The lowest BCUT2D eigenvalue weighted by Gasteiger charge is -2.31. The first-order valence-corrected chi connectivity index (χ1v) is 12.6. The molecule has 2 aromatic heterocycles. The van der Waals surface area contributed by atoms with E-state index in [0.717, 1.165) is 39.6 Å². The summed E-state index contributed by atoms with van der Waals surface area (Å²) in [6.45, 7) is 6.32. The zero-order valence-corrected chi connectivity index (χ0v) is 21.5. The molecule has 0 radical (unpaired) electrons. The molecule has 3 aromatic carbocycles. The van der Waals surface area contributed by atoms with E-state index in [1.54, 1.807) is 11.0 Å². The number of benzene rings is 3. The third-order valence-corrected chi connectivity index (χ3v) is 7.27. The maximum atomic E-state index is 14.5. The van der Waals surface area contributed by atoms with Gasteiger partial charge in [0.15, 0.2) is 0 Å². The average molecular weight is 506 g/mol. The van der Waals surface area contributed by atoms with Crippen LogP contribution in [0.4, 0.5) is 14.9 Å². The maximum absolute atomic E-state index is 14.5. The van der Waals surface area contributed by atoms with Crippen LogP contribution in [0, 0.1) is 26.6 Å². The smallest absolute Gasteiger partial charge is 0.308 e. The Hall–Kier alpha value is -4.65. The van der Waals surface area contributed by atoms with Gasteiger partial charge in [0, 0.05) is 17.4 Å². The number of anilines is 1. The molecule has 0 bridgehead atoms. The molecular weight excluding hydrogens is 477 g/mol. The van der Waals surface area contributed by atoms with Gasteiger partial charge in [-0.1, -0.05) is 36.4 Å². The van der Waals surface area contributed by atoms with Crippen LogP contribution in [-0.2, 0) is 6.54 Å². The highest BCUT2D eigenvalue weighted by molar-refractivity contribution is 5.90. The van der Waals surface area contributed by atoms with Gasteiger partial charge < -0.3 is 14.8 Å². The van der Waals surface area contributed by atoms with E-state index in [2.05, 4.69) is 9.88 Å². The maximum Gasteiger partial charge on any atom is 0.322 e. The van der Waals surface area contributed by atoms with Crippen LogP contribution in [0.5, 0.6) is 0 Å². The number of nitrogens with one attached hydrogen (secondary N) is 1. The molecule has 5 aromatic rings. The zero-order chi connectivity index (χ0) is 26.4. The quantitative estimate of drug-likeness (QED) is 0.291. The molecule has 7 heteroatoms. The molecule has 1 N–H and O–H groups in total. The summed E-state index contributed by atoms with van der Waals surface area (Å²) >= 11 is 0. The highest BCUT2D eigenvalue weighted by Crippen LogP contribution is 2.39. The number of hydrogen-bond donors (Lipinski definition) is 1. The van der Waals surface area contributed by atoms with Crippen LogP contribution in [-0.4, -0.2) is 25.3 Å². The predicted octanol–water partition coefficient (Wildman–Crippen LogP) is 6.86. The highest BCUT2D eigenvalue weighted by Gasteiger charge is 2.36. The van der Waals surface area contributed by atoms with Gasteiger partial charge in [0.25, 0.3) is 0 Å². The molecule has 1 atom stereocenters. The number of carbonyl (C=O) groups is 1. The fraction of sp³-hybridized carbons (Fsp3) is 0.161. The van der Waals surface area contributed by atoms with Gasteiger partial charge in [-0.15, -0.1) is 0 Å². The van der Waals surface area contributed by atoms with E-state index in [-0.39, 0.29) is 11.8 Å². The first kappa shape index (κ1) is 23.7. The summed E-state index contributed by atoms with van der Waals surface area (Å²) in [5, 5.41) is 7.96. The van der Waals surface area contributed by atoms with E-state index in [4.69, 9.17) is 5.10 Å². The van der Waals surface area contributed by atoms with Crippen molar-refractivity contribution in [3.8, 4) is 11.5 Å². The number of aryl methyl sites for hydroxylation is 3. The molecule has 2 amide bonds. The normalized spacial score (nSPS) is 14.5. The standard InChI is InChI=1S/C31H28FN5O/c1-20-14-15-25(17-21(20)2)33-31(38)36-19-27-22(3)34-37(26-11-5-4-6-12-26)30(27)35-16-8-13-28(35)29(36)23-9-7-10-24(32)18-23/h4-18,29H,19H2,1-3H3,(H,33,38)/t29-/m1/s1. The van der Waals surface area contributed by atoms with Crippen molar-refractivity contribution in [3.05, 3.63) is 131 Å². The summed E-state index contributed by atoms with van der Waals surface area (Å²) in [7, 11) is 0. The predicted molar refractivity (Wildman–Crippen MR) is 146 cm³/mol. The minimum absolute atomic E-state index is 0.269. The third-order valence-electron chi connectivity index (χ3n) is 7.27. The Balaban J connectivity index is 1.53. The molecule has 38 heavy (non-hydrogen) atoms. The van der Waals surface area contributed by atoms with Gasteiger partial charge in [0.2, 0.25) is 0 Å². The van der Waals surface area contributed by atoms with Crippen LogP contribution in [0.1, 0.15) is 39.7 Å². The highest BCUT2D eigenvalue weighted by atomic mass is 19.1. The molecule has 0 saturated heterocycles. The van der Waals surface area contributed by atoms with E-state index in [1.165, 1.54) is 12.1 Å². The number of hydrogen-bond acceptors (Lipinski definition) is 2. The lowest BCUT2D eigenvalue weighted by atomic mass is 10.0. The lowest BCUT2D eigenvalue weighted by Crippen LogP contribution is -2.38. The first-order chi connectivity index (χ1) is 18.4. The average Bonchev–Trinajstić information content (AvgIpc) is 3.47. The summed E-state index contributed by atoms with van der Waals surface area (Å²) in [5.74, 6) is 0.528. The Morgan fingerprint density at radius 3 is 2.50 bits per heavy atom. The van der Waals surface area contributed by atoms with Gasteiger partial charge in [-0.25, -0.2) is 13.9 Å². The van der Waals surface area contributed by atoms with E-state index < -0.39 is 6.04 Å². The summed E-state index contributed by atoms with van der Waals surface area (Å²) in [6.07, 6.45) is 1.98. The monoisotopic (exact) mass is 505 g/mol. The third kappa shape index (κ3) is 4.06. The fourth-order valence-corrected chi connectivity index (χ4v) is 5.19. The van der Waals surface area contributed by atoms with Crippen LogP contribution >= 0.6 is 0 Å². The number of carbonyl (C=O) groups excluding carboxylic acids is 1. The van der Waals surface area contributed by atoms with Gasteiger partial charge in [0.05, 0.1) is 29.7 Å². The van der Waals surface area contributed by atoms with Gasteiger partial charge in [-0.3, -0.25) is 0 Å². The Morgan fingerprint density at radius 1 is 0.921 bits per heavy atom. The zero-order valence-electron chi connectivity index (χ0n) is 21.5. The molecule has 190 valence electrons. The largest absolute Gasteiger partial charge is 0.322 e. The second-order valence-electron chi connectivity index (χ2n) is 9.75. The number of rotatable bonds is 3. The summed E-state index contributed by atoms with van der Waals surface area (Å²) in [6, 6.07) is 25.4. The number of para-hydroxylation sites is 1. The second-order valence-corrected chi connectivity index (χ2v) is 9.75. The molecule has 0 fully saturated rings. The van der Waals surface area contributed by atoms with Gasteiger partial charge >= 0.3 is 6.03 Å². The summed E-state index contributed by atoms with van der Waals surface area (Å²) in [5.41, 5.74) is 7.19. The molecule has 1 aliphatic heterocycles. The van der Waals surface area contributed by atoms with Crippen molar-refractivity contribution in [2.75, 3.05) is 5.32 Å². The molecular formula is C31H28FN5O. The second kappa shape index (κ2) is 9.34. The Bertz CT molecular complexity index is 1650. The lowest BCUT2D eigenvalue weighted by molar-refractivity contribution is 0.194. The minimum atomic E-state index is -0.525. The Labute approximate surface area is 221 Å². The van der Waals surface area contributed by atoms with E-state index in [0.29, 0.717) is 17.8 Å². The summed E-state index contributed by atoms with van der Waals surface area (Å²) < 4.78 is 18.5. The van der Waals surface area contributed by atoms with Crippen LogP contribution in [0.2, 0.25) is 0 Å². The minimum Gasteiger partial charge on any atom is -0.308 e.